The van der Waals surface area contributed by atoms with Crippen LogP contribution in [-0.2, 0) is 14.3 Å². The lowest BCUT2D eigenvalue weighted by Crippen LogP contribution is -2.46. The lowest BCUT2D eigenvalue weighted by Gasteiger charge is -2.37. The van der Waals surface area contributed by atoms with Gasteiger partial charge in [0.2, 0.25) is 5.91 Å². The molecule has 5 nitrogen and oxygen atoms in total. The smallest absolute Gasteiger partial charge is 0.306 e. The molecule has 1 aliphatic heterocycles. The van der Waals surface area contributed by atoms with E-state index in [2.05, 4.69) is 18.7 Å². The Morgan fingerprint density at radius 1 is 1.10 bits per heavy atom. The molecule has 0 aromatic carbocycles. The predicted octanol–water partition coefficient (Wildman–Crippen LogP) is 1.66. The summed E-state index contributed by atoms with van der Waals surface area (Å²) < 4.78 is 4.84. The second kappa shape index (κ2) is 8.95. The van der Waals surface area contributed by atoms with Crippen LogP contribution in [0.4, 0.5) is 0 Å². The average molecular weight is 284 g/mol. The van der Waals surface area contributed by atoms with E-state index in [0.717, 1.165) is 39.0 Å². The number of ether oxygens (including phenoxy) is 1. The molecule has 0 radical (unpaired) electrons. The van der Waals surface area contributed by atoms with E-state index in [1.807, 2.05) is 4.90 Å². The van der Waals surface area contributed by atoms with Crippen LogP contribution in [-0.4, -0.2) is 60.5 Å². The van der Waals surface area contributed by atoms with Crippen LogP contribution < -0.4 is 0 Å². The maximum Gasteiger partial charge on any atom is 0.306 e. The van der Waals surface area contributed by atoms with Gasteiger partial charge in [-0.15, -0.1) is 0 Å². The quantitative estimate of drug-likeness (QED) is 0.667. The minimum atomic E-state index is -0.279. The van der Waals surface area contributed by atoms with Crippen molar-refractivity contribution in [1.82, 2.24) is 9.80 Å². The number of nitrogens with zero attached hydrogens (tertiary/aromatic N) is 2. The molecule has 0 saturated carbocycles. The van der Waals surface area contributed by atoms with Crippen LogP contribution in [0.1, 0.15) is 46.5 Å². The third-order valence-electron chi connectivity index (χ3n) is 3.99. The summed E-state index contributed by atoms with van der Waals surface area (Å²) in [4.78, 5) is 27.6. The first-order valence-electron chi connectivity index (χ1n) is 7.79. The third kappa shape index (κ3) is 5.12. The van der Waals surface area contributed by atoms with Gasteiger partial charge < -0.3 is 14.5 Å². The minimum absolute atomic E-state index is 0.0797. The van der Waals surface area contributed by atoms with Crippen molar-refractivity contribution in [2.24, 2.45) is 0 Å². The minimum Gasteiger partial charge on any atom is -0.466 e. The molecule has 1 fully saturated rings. The Kier molecular flexibility index (Phi) is 7.59. The fraction of sp³-hybridized carbons (Fsp3) is 0.867. The first kappa shape index (κ1) is 17.0. The summed E-state index contributed by atoms with van der Waals surface area (Å²) in [7, 11) is 0. The van der Waals surface area contributed by atoms with Crippen LogP contribution in [0.5, 0.6) is 0 Å². The fourth-order valence-corrected chi connectivity index (χ4v) is 2.82. The standard InChI is InChI=1S/C15H28N2O3/c1-4-16(5-2)13-9-11-17(12-10-13)14(18)7-8-15(19)20-6-3/h13H,4-12H2,1-3H3. The largest absolute Gasteiger partial charge is 0.466 e. The summed E-state index contributed by atoms with van der Waals surface area (Å²) >= 11 is 0. The van der Waals surface area contributed by atoms with Crippen LogP contribution in [0.2, 0.25) is 0 Å². The summed E-state index contributed by atoms with van der Waals surface area (Å²) in [6.07, 6.45) is 2.54. The number of esters is 1. The number of hydrogen-bond acceptors (Lipinski definition) is 4. The van der Waals surface area contributed by atoms with Gasteiger partial charge in [0, 0.05) is 25.6 Å². The molecule has 0 spiro atoms. The number of carbonyl (C=O) groups excluding carboxylic acids is 2. The monoisotopic (exact) mass is 284 g/mol. The molecule has 0 N–H and O–H groups in total. The van der Waals surface area contributed by atoms with Gasteiger partial charge in [-0.25, -0.2) is 0 Å². The Morgan fingerprint density at radius 3 is 2.20 bits per heavy atom. The number of carbonyl (C=O) groups is 2. The molecule has 1 saturated heterocycles. The first-order chi connectivity index (χ1) is 9.62. The summed E-state index contributed by atoms with van der Waals surface area (Å²) in [6.45, 7) is 10.3. The van der Waals surface area contributed by atoms with E-state index in [1.165, 1.54) is 0 Å². The van der Waals surface area contributed by atoms with Crippen LogP contribution in [0.3, 0.4) is 0 Å². The van der Waals surface area contributed by atoms with Gasteiger partial charge in [-0.05, 0) is 32.9 Å². The van der Waals surface area contributed by atoms with Crippen molar-refractivity contribution in [3.63, 3.8) is 0 Å². The van der Waals surface area contributed by atoms with Crippen LogP contribution in [0, 0.1) is 0 Å². The highest BCUT2D eigenvalue weighted by molar-refractivity contribution is 5.81. The zero-order valence-corrected chi connectivity index (χ0v) is 13.1. The van der Waals surface area contributed by atoms with Gasteiger partial charge in [-0.3, -0.25) is 9.59 Å². The number of piperidine rings is 1. The first-order valence-corrected chi connectivity index (χ1v) is 7.79. The van der Waals surface area contributed by atoms with E-state index < -0.39 is 0 Å². The van der Waals surface area contributed by atoms with Crippen molar-refractivity contribution in [2.75, 3.05) is 32.8 Å². The third-order valence-corrected chi connectivity index (χ3v) is 3.99. The summed E-state index contributed by atoms with van der Waals surface area (Å²) in [6, 6.07) is 0.596. The van der Waals surface area contributed by atoms with Gasteiger partial charge in [0.25, 0.3) is 0 Å². The topological polar surface area (TPSA) is 49.9 Å². The zero-order valence-electron chi connectivity index (χ0n) is 13.1. The number of rotatable bonds is 7. The molecule has 1 amide bonds. The SMILES string of the molecule is CCOC(=O)CCC(=O)N1CCC(N(CC)CC)CC1. The van der Waals surface area contributed by atoms with E-state index in [1.54, 1.807) is 6.92 Å². The Bertz CT molecular complexity index is 308. The van der Waals surface area contributed by atoms with Gasteiger partial charge in [-0.2, -0.15) is 0 Å². The van der Waals surface area contributed by atoms with Crippen molar-refractivity contribution in [2.45, 2.75) is 52.5 Å². The number of likely N-dealkylation sites (tertiary alicyclic amines) is 1. The maximum atomic E-state index is 12.0. The Morgan fingerprint density at radius 2 is 1.70 bits per heavy atom. The van der Waals surface area contributed by atoms with Crippen molar-refractivity contribution in [3.05, 3.63) is 0 Å². The van der Waals surface area contributed by atoms with Crippen LogP contribution >= 0.6 is 0 Å². The molecule has 0 aliphatic carbocycles. The zero-order chi connectivity index (χ0) is 15.0. The summed E-state index contributed by atoms with van der Waals surface area (Å²) in [5.74, 6) is -0.199. The highest BCUT2D eigenvalue weighted by atomic mass is 16.5. The Labute approximate surface area is 122 Å². The van der Waals surface area contributed by atoms with E-state index in [0.29, 0.717) is 12.6 Å². The molecular weight excluding hydrogens is 256 g/mol. The predicted molar refractivity (Wildman–Crippen MR) is 78.4 cm³/mol. The van der Waals surface area contributed by atoms with Crippen molar-refractivity contribution in [3.8, 4) is 0 Å². The Hall–Kier alpha value is -1.10. The van der Waals surface area contributed by atoms with Gasteiger partial charge in [0.05, 0.1) is 13.0 Å². The molecule has 116 valence electrons. The maximum absolute atomic E-state index is 12.0. The van der Waals surface area contributed by atoms with E-state index >= 15 is 0 Å². The lowest BCUT2D eigenvalue weighted by molar-refractivity contribution is -0.146. The normalized spacial score (nSPS) is 16.5. The molecule has 20 heavy (non-hydrogen) atoms. The van der Waals surface area contributed by atoms with Gasteiger partial charge in [0.1, 0.15) is 0 Å². The summed E-state index contributed by atoms with van der Waals surface area (Å²) in [5.41, 5.74) is 0. The van der Waals surface area contributed by atoms with Gasteiger partial charge >= 0.3 is 5.97 Å². The van der Waals surface area contributed by atoms with Crippen molar-refractivity contribution in [1.29, 1.82) is 0 Å². The second-order valence-corrected chi connectivity index (χ2v) is 5.14. The van der Waals surface area contributed by atoms with Crippen molar-refractivity contribution >= 4 is 11.9 Å². The van der Waals surface area contributed by atoms with Crippen LogP contribution in [0.15, 0.2) is 0 Å². The van der Waals surface area contributed by atoms with E-state index in [-0.39, 0.29) is 24.7 Å². The average Bonchev–Trinajstić information content (AvgIpc) is 2.47. The molecule has 1 heterocycles. The van der Waals surface area contributed by atoms with Gasteiger partial charge in [-0.1, -0.05) is 13.8 Å². The molecule has 0 unspecified atom stereocenters. The molecule has 1 rings (SSSR count). The molecule has 5 heteroatoms. The highest BCUT2D eigenvalue weighted by Crippen LogP contribution is 2.17. The highest BCUT2D eigenvalue weighted by Gasteiger charge is 2.25. The Balaban J connectivity index is 2.30. The fourth-order valence-electron chi connectivity index (χ4n) is 2.82. The van der Waals surface area contributed by atoms with Gasteiger partial charge in [0.15, 0.2) is 0 Å². The molecule has 0 aromatic rings. The second-order valence-electron chi connectivity index (χ2n) is 5.14. The van der Waals surface area contributed by atoms with Crippen molar-refractivity contribution < 1.29 is 14.3 Å². The molecule has 1 aliphatic rings. The molecule has 0 atom stereocenters. The van der Waals surface area contributed by atoms with E-state index in [9.17, 15) is 9.59 Å². The van der Waals surface area contributed by atoms with E-state index in [4.69, 9.17) is 4.74 Å². The molecule has 0 bridgehead atoms. The lowest BCUT2D eigenvalue weighted by atomic mass is 10.0. The molecular formula is C15H28N2O3. The number of hydrogen-bond donors (Lipinski definition) is 0. The van der Waals surface area contributed by atoms with Crippen LogP contribution in [0.25, 0.3) is 0 Å². The number of amides is 1. The summed E-state index contributed by atoms with van der Waals surface area (Å²) in [5, 5.41) is 0. The molecule has 0 aromatic heterocycles.